The van der Waals surface area contributed by atoms with Crippen LogP contribution in [0.25, 0.3) is 0 Å². The number of benzene rings is 2. The molecule has 0 saturated carbocycles. The SMILES string of the molecule is COc1ccc(COC(=O)N(c2ccccc2)C2CN3CCC2CC3)cc1F. The molecule has 2 bridgehead atoms. The van der Waals surface area contributed by atoms with Crippen LogP contribution in [-0.4, -0.2) is 43.8 Å². The summed E-state index contributed by atoms with van der Waals surface area (Å²) in [5.74, 6) is 0.192. The number of hydrogen-bond donors (Lipinski definition) is 0. The van der Waals surface area contributed by atoms with Crippen LogP contribution in [0, 0.1) is 11.7 Å². The topological polar surface area (TPSA) is 42.0 Å². The molecule has 0 aromatic heterocycles. The zero-order valence-electron chi connectivity index (χ0n) is 16.0. The van der Waals surface area contributed by atoms with Crippen molar-refractivity contribution in [3.8, 4) is 5.75 Å². The van der Waals surface area contributed by atoms with Crippen molar-refractivity contribution in [1.82, 2.24) is 4.90 Å². The lowest BCUT2D eigenvalue weighted by molar-refractivity contribution is 0.0778. The van der Waals surface area contributed by atoms with E-state index in [2.05, 4.69) is 4.90 Å². The third-order valence-electron chi connectivity index (χ3n) is 5.76. The molecule has 2 aromatic carbocycles. The molecular weight excluding hydrogens is 359 g/mol. The summed E-state index contributed by atoms with van der Waals surface area (Å²) in [4.78, 5) is 17.3. The highest BCUT2D eigenvalue weighted by molar-refractivity contribution is 5.88. The number of piperidine rings is 3. The first-order chi connectivity index (χ1) is 13.7. The molecule has 3 heterocycles. The van der Waals surface area contributed by atoms with Gasteiger partial charge in [-0.2, -0.15) is 0 Å². The predicted molar refractivity (Wildman–Crippen MR) is 105 cm³/mol. The van der Waals surface area contributed by atoms with Crippen molar-refractivity contribution in [2.75, 3.05) is 31.6 Å². The Morgan fingerprint density at radius 2 is 1.93 bits per heavy atom. The summed E-state index contributed by atoms with van der Waals surface area (Å²) in [5, 5.41) is 0. The molecule has 0 spiro atoms. The number of rotatable bonds is 5. The van der Waals surface area contributed by atoms with Crippen molar-refractivity contribution in [3.05, 3.63) is 59.9 Å². The minimum absolute atomic E-state index is 0.0180. The molecule has 1 amide bonds. The summed E-state index contributed by atoms with van der Waals surface area (Å²) in [6, 6.07) is 14.3. The summed E-state index contributed by atoms with van der Waals surface area (Å²) in [5.41, 5.74) is 1.43. The van der Waals surface area contributed by atoms with Crippen molar-refractivity contribution in [2.45, 2.75) is 25.5 Å². The van der Waals surface area contributed by atoms with Crippen LogP contribution in [-0.2, 0) is 11.3 Å². The van der Waals surface area contributed by atoms with Gasteiger partial charge in [0, 0.05) is 12.2 Å². The normalized spacial score (nSPS) is 23.3. The molecule has 6 heteroatoms. The first-order valence-electron chi connectivity index (χ1n) is 9.71. The molecule has 3 saturated heterocycles. The van der Waals surface area contributed by atoms with E-state index >= 15 is 0 Å². The summed E-state index contributed by atoms with van der Waals surface area (Å²) in [6.07, 6.45) is 1.82. The van der Waals surface area contributed by atoms with Crippen molar-refractivity contribution in [1.29, 1.82) is 0 Å². The van der Waals surface area contributed by atoms with E-state index in [1.165, 1.54) is 13.2 Å². The molecule has 2 aromatic rings. The second-order valence-corrected chi connectivity index (χ2v) is 7.43. The highest BCUT2D eigenvalue weighted by Gasteiger charge is 2.40. The van der Waals surface area contributed by atoms with Crippen LogP contribution in [0.15, 0.2) is 48.5 Å². The number of para-hydroxylation sites is 1. The first kappa shape index (κ1) is 18.7. The molecule has 0 aliphatic carbocycles. The zero-order valence-corrected chi connectivity index (χ0v) is 16.0. The molecule has 5 nitrogen and oxygen atoms in total. The molecule has 3 fully saturated rings. The predicted octanol–water partition coefficient (Wildman–Crippen LogP) is 4.07. The number of methoxy groups -OCH3 is 1. The maximum atomic E-state index is 13.9. The van der Waals surface area contributed by atoms with E-state index < -0.39 is 5.82 Å². The Bertz CT molecular complexity index is 822. The smallest absolute Gasteiger partial charge is 0.414 e. The Morgan fingerprint density at radius 1 is 1.18 bits per heavy atom. The molecule has 28 heavy (non-hydrogen) atoms. The van der Waals surface area contributed by atoms with Crippen molar-refractivity contribution in [2.24, 2.45) is 5.92 Å². The highest BCUT2D eigenvalue weighted by atomic mass is 19.1. The van der Waals surface area contributed by atoms with Gasteiger partial charge in [-0.15, -0.1) is 0 Å². The van der Waals surface area contributed by atoms with Gasteiger partial charge in [0.15, 0.2) is 11.6 Å². The van der Waals surface area contributed by atoms with Gasteiger partial charge in [0.1, 0.15) is 6.61 Å². The van der Waals surface area contributed by atoms with E-state index in [9.17, 15) is 9.18 Å². The molecule has 3 aliphatic heterocycles. The minimum Gasteiger partial charge on any atom is -0.494 e. The Hall–Kier alpha value is -2.60. The second-order valence-electron chi connectivity index (χ2n) is 7.43. The van der Waals surface area contributed by atoms with E-state index in [1.807, 2.05) is 30.3 Å². The second kappa shape index (κ2) is 8.19. The highest BCUT2D eigenvalue weighted by Crippen LogP contribution is 2.34. The molecule has 0 radical (unpaired) electrons. The maximum absolute atomic E-state index is 13.9. The number of carbonyl (C=O) groups excluding carboxylic acids is 1. The summed E-state index contributed by atoms with van der Waals surface area (Å²) >= 11 is 0. The van der Waals surface area contributed by atoms with Gasteiger partial charge in [-0.25, -0.2) is 9.18 Å². The van der Waals surface area contributed by atoms with Crippen LogP contribution in [0.2, 0.25) is 0 Å². The molecule has 1 unspecified atom stereocenters. The maximum Gasteiger partial charge on any atom is 0.414 e. The average molecular weight is 384 g/mol. The van der Waals surface area contributed by atoms with Crippen molar-refractivity contribution < 1.29 is 18.7 Å². The summed E-state index contributed by atoms with van der Waals surface area (Å²) in [7, 11) is 1.42. The van der Waals surface area contributed by atoms with E-state index in [0.717, 1.165) is 38.2 Å². The van der Waals surface area contributed by atoms with E-state index in [1.54, 1.807) is 17.0 Å². The largest absolute Gasteiger partial charge is 0.494 e. The fourth-order valence-electron chi connectivity index (χ4n) is 4.26. The average Bonchev–Trinajstić information content (AvgIpc) is 2.74. The summed E-state index contributed by atoms with van der Waals surface area (Å²) in [6.45, 7) is 3.09. The fourth-order valence-corrected chi connectivity index (χ4v) is 4.26. The molecule has 0 N–H and O–H groups in total. The third-order valence-corrected chi connectivity index (χ3v) is 5.76. The van der Waals surface area contributed by atoms with Crippen molar-refractivity contribution >= 4 is 11.8 Å². The minimum atomic E-state index is -0.464. The van der Waals surface area contributed by atoms with Crippen LogP contribution in [0.4, 0.5) is 14.9 Å². The van der Waals surface area contributed by atoms with E-state index in [0.29, 0.717) is 11.5 Å². The van der Waals surface area contributed by atoms with Crippen LogP contribution >= 0.6 is 0 Å². The van der Waals surface area contributed by atoms with Crippen LogP contribution in [0.1, 0.15) is 18.4 Å². The fraction of sp³-hybridized carbons (Fsp3) is 0.409. The standard InChI is InChI=1S/C22H25FN2O3/c1-27-21-8-7-16(13-19(21)23)15-28-22(26)25(18-5-3-2-4-6-18)20-14-24-11-9-17(20)10-12-24/h2-8,13,17,20H,9-12,14-15H2,1H3. The van der Waals surface area contributed by atoms with Crippen molar-refractivity contribution in [3.63, 3.8) is 0 Å². The quantitative estimate of drug-likeness (QED) is 0.779. The Kier molecular flexibility index (Phi) is 5.48. The van der Waals surface area contributed by atoms with Gasteiger partial charge < -0.3 is 14.4 Å². The lowest BCUT2D eigenvalue weighted by Crippen LogP contribution is -2.59. The van der Waals surface area contributed by atoms with Gasteiger partial charge in [0.25, 0.3) is 0 Å². The Morgan fingerprint density at radius 3 is 2.54 bits per heavy atom. The number of ether oxygens (including phenoxy) is 2. The van der Waals surface area contributed by atoms with E-state index in [-0.39, 0.29) is 24.5 Å². The molecule has 1 atom stereocenters. The lowest BCUT2D eigenvalue weighted by atomic mass is 9.83. The molecule has 5 rings (SSSR count). The Labute approximate surface area is 164 Å². The number of anilines is 1. The van der Waals surface area contributed by atoms with E-state index in [4.69, 9.17) is 9.47 Å². The zero-order chi connectivity index (χ0) is 19.5. The first-order valence-corrected chi connectivity index (χ1v) is 9.71. The Balaban J connectivity index is 1.51. The number of nitrogens with zero attached hydrogens (tertiary/aromatic N) is 2. The number of halogens is 1. The van der Waals surface area contributed by atoms with Gasteiger partial charge in [0.2, 0.25) is 0 Å². The van der Waals surface area contributed by atoms with Gasteiger partial charge in [-0.1, -0.05) is 24.3 Å². The number of amides is 1. The van der Waals surface area contributed by atoms with Gasteiger partial charge in [-0.3, -0.25) is 4.90 Å². The van der Waals surface area contributed by atoms with Gasteiger partial charge in [0.05, 0.1) is 13.2 Å². The van der Waals surface area contributed by atoms with Gasteiger partial charge in [-0.05, 0) is 61.7 Å². The number of fused-ring (bicyclic) bond motifs is 3. The third kappa shape index (κ3) is 3.83. The van der Waals surface area contributed by atoms with Gasteiger partial charge >= 0.3 is 6.09 Å². The van der Waals surface area contributed by atoms with Crippen LogP contribution in [0.3, 0.4) is 0 Å². The molecule has 148 valence electrons. The van der Waals surface area contributed by atoms with Crippen LogP contribution in [0.5, 0.6) is 5.75 Å². The summed E-state index contributed by atoms with van der Waals surface area (Å²) < 4.78 is 24.4. The van der Waals surface area contributed by atoms with Crippen LogP contribution < -0.4 is 9.64 Å². The molecule has 3 aliphatic rings. The number of carbonyl (C=O) groups is 1. The number of hydrogen-bond acceptors (Lipinski definition) is 4. The lowest BCUT2D eigenvalue weighted by Gasteiger charge is -2.48. The monoisotopic (exact) mass is 384 g/mol. The molecular formula is C22H25FN2O3.